The zero-order chi connectivity index (χ0) is 14.4. The van der Waals surface area contributed by atoms with E-state index in [1.165, 1.54) is 11.1 Å². The van der Waals surface area contributed by atoms with Crippen LogP contribution in [0.15, 0.2) is 48.5 Å². The number of rotatable bonds is 6. The second kappa shape index (κ2) is 7.11. The third-order valence-electron chi connectivity index (χ3n) is 3.36. The number of hydrogen-bond acceptors (Lipinski definition) is 2. The molecule has 2 nitrogen and oxygen atoms in total. The first-order chi connectivity index (χ1) is 9.69. The van der Waals surface area contributed by atoms with Gasteiger partial charge in [-0.3, -0.25) is 0 Å². The molecule has 0 saturated carbocycles. The van der Waals surface area contributed by atoms with Crippen LogP contribution in [0, 0.1) is 6.92 Å². The molecule has 2 N–H and O–H groups in total. The van der Waals surface area contributed by atoms with Crippen molar-refractivity contribution in [2.75, 3.05) is 6.61 Å². The van der Waals surface area contributed by atoms with E-state index in [0.717, 1.165) is 30.8 Å². The molecular formula is C18H23NO. The second-order valence-corrected chi connectivity index (χ2v) is 5.21. The molecule has 0 aliphatic heterocycles. The maximum atomic E-state index is 6.27. The lowest BCUT2D eigenvalue weighted by molar-refractivity contribution is 0.317. The summed E-state index contributed by atoms with van der Waals surface area (Å²) >= 11 is 0. The minimum absolute atomic E-state index is 0.0259. The molecule has 2 aromatic carbocycles. The molecule has 0 aliphatic carbocycles. The van der Waals surface area contributed by atoms with Gasteiger partial charge < -0.3 is 10.5 Å². The summed E-state index contributed by atoms with van der Waals surface area (Å²) in [6.07, 6.45) is 1.88. The van der Waals surface area contributed by atoms with Gasteiger partial charge in [-0.05, 0) is 43.0 Å². The summed E-state index contributed by atoms with van der Waals surface area (Å²) in [7, 11) is 0. The normalized spacial score (nSPS) is 12.2. The van der Waals surface area contributed by atoms with Crippen LogP contribution in [0.3, 0.4) is 0 Å². The van der Waals surface area contributed by atoms with E-state index in [1.54, 1.807) is 0 Å². The fourth-order valence-corrected chi connectivity index (χ4v) is 2.13. The Bertz CT molecular complexity index is 516. The quantitative estimate of drug-likeness (QED) is 0.859. The highest BCUT2D eigenvalue weighted by atomic mass is 16.5. The van der Waals surface area contributed by atoms with Crippen LogP contribution in [-0.4, -0.2) is 6.61 Å². The van der Waals surface area contributed by atoms with Crippen molar-refractivity contribution < 1.29 is 4.74 Å². The van der Waals surface area contributed by atoms with Crippen molar-refractivity contribution in [3.63, 3.8) is 0 Å². The summed E-state index contributed by atoms with van der Waals surface area (Å²) in [4.78, 5) is 0. The summed E-state index contributed by atoms with van der Waals surface area (Å²) in [6, 6.07) is 16.7. The summed E-state index contributed by atoms with van der Waals surface area (Å²) in [5.41, 5.74) is 9.97. The maximum Gasteiger partial charge on any atom is 0.119 e. The monoisotopic (exact) mass is 269 g/mol. The average Bonchev–Trinajstić information content (AvgIpc) is 2.48. The largest absolute Gasteiger partial charge is 0.494 e. The molecule has 0 bridgehead atoms. The molecule has 0 fully saturated rings. The molecule has 0 radical (unpaired) electrons. The van der Waals surface area contributed by atoms with E-state index in [0.29, 0.717) is 0 Å². The van der Waals surface area contributed by atoms with Crippen molar-refractivity contribution in [3.8, 4) is 5.75 Å². The average molecular weight is 269 g/mol. The Kier molecular flexibility index (Phi) is 5.19. The van der Waals surface area contributed by atoms with Gasteiger partial charge in [0.15, 0.2) is 0 Å². The van der Waals surface area contributed by atoms with E-state index in [4.69, 9.17) is 10.5 Å². The minimum Gasteiger partial charge on any atom is -0.494 e. The van der Waals surface area contributed by atoms with E-state index in [1.807, 2.05) is 12.1 Å². The fraction of sp³-hybridized carbons (Fsp3) is 0.333. The van der Waals surface area contributed by atoms with Gasteiger partial charge in [-0.25, -0.2) is 0 Å². The summed E-state index contributed by atoms with van der Waals surface area (Å²) in [6.45, 7) is 4.96. The van der Waals surface area contributed by atoms with E-state index in [-0.39, 0.29) is 6.04 Å². The molecule has 0 saturated heterocycles. The zero-order valence-electron chi connectivity index (χ0n) is 12.3. The highest BCUT2D eigenvalue weighted by Gasteiger charge is 2.07. The van der Waals surface area contributed by atoms with Gasteiger partial charge in [0.2, 0.25) is 0 Å². The lowest BCUT2D eigenvalue weighted by atomic mass is 9.99. The van der Waals surface area contributed by atoms with Crippen LogP contribution in [0.2, 0.25) is 0 Å². The Balaban J connectivity index is 1.98. The van der Waals surface area contributed by atoms with Gasteiger partial charge in [-0.2, -0.15) is 0 Å². The Labute approximate surface area is 121 Å². The molecule has 20 heavy (non-hydrogen) atoms. The third kappa shape index (κ3) is 4.10. The Morgan fingerprint density at radius 3 is 2.25 bits per heavy atom. The van der Waals surface area contributed by atoms with E-state index < -0.39 is 0 Å². The predicted molar refractivity (Wildman–Crippen MR) is 84.0 cm³/mol. The number of ether oxygens (including phenoxy) is 1. The predicted octanol–water partition coefficient (Wildman–Crippen LogP) is 4.03. The number of hydrogen-bond donors (Lipinski definition) is 1. The summed E-state index contributed by atoms with van der Waals surface area (Å²) < 4.78 is 5.58. The standard InChI is InChI=1S/C18H23NO/c1-3-12-20-17-10-8-16(9-11-17)18(19)13-15-6-4-14(2)5-7-15/h4-11,18H,3,12-13,19H2,1-2H3. The Hall–Kier alpha value is -1.80. The molecule has 2 aromatic rings. The van der Waals surface area contributed by atoms with Crippen molar-refractivity contribution >= 4 is 0 Å². The van der Waals surface area contributed by atoms with Gasteiger partial charge in [0.05, 0.1) is 6.61 Å². The maximum absolute atomic E-state index is 6.27. The molecule has 1 unspecified atom stereocenters. The molecule has 106 valence electrons. The van der Waals surface area contributed by atoms with E-state index >= 15 is 0 Å². The molecule has 0 spiro atoms. The number of aryl methyl sites for hydroxylation is 1. The summed E-state index contributed by atoms with van der Waals surface area (Å²) in [5.74, 6) is 0.915. The molecule has 0 aromatic heterocycles. The van der Waals surface area contributed by atoms with Crippen molar-refractivity contribution in [1.29, 1.82) is 0 Å². The van der Waals surface area contributed by atoms with Crippen LogP contribution >= 0.6 is 0 Å². The SMILES string of the molecule is CCCOc1ccc(C(N)Cc2ccc(C)cc2)cc1. The number of benzene rings is 2. The van der Waals surface area contributed by atoms with Gasteiger partial charge in [-0.1, -0.05) is 48.9 Å². The van der Waals surface area contributed by atoms with Crippen molar-refractivity contribution in [3.05, 3.63) is 65.2 Å². The Morgan fingerprint density at radius 2 is 1.65 bits per heavy atom. The van der Waals surface area contributed by atoms with Gasteiger partial charge >= 0.3 is 0 Å². The van der Waals surface area contributed by atoms with Gasteiger partial charge in [0, 0.05) is 6.04 Å². The van der Waals surface area contributed by atoms with Crippen LogP contribution < -0.4 is 10.5 Å². The first kappa shape index (κ1) is 14.6. The van der Waals surface area contributed by atoms with Crippen LogP contribution in [0.25, 0.3) is 0 Å². The molecule has 0 heterocycles. The molecule has 0 amide bonds. The fourth-order valence-electron chi connectivity index (χ4n) is 2.13. The van der Waals surface area contributed by atoms with Crippen molar-refractivity contribution in [1.82, 2.24) is 0 Å². The Morgan fingerprint density at radius 1 is 1.00 bits per heavy atom. The van der Waals surface area contributed by atoms with Gasteiger partial charge in [-0.15, -0.1) is 0 Å². The first-order valence-corrected chi connectivity index (χ1v) is 7.23. The van der Waals surface area contributed by atoms with Crippen LogP contribution in [-0.2, 0) is 6.42 Å². The van der Waals surface area contributed by atoms with E-state index in [9.17, 15) is 0 Å². The molecule has 2 heteroatoms. The van der Waals surface area contributed by atoms with Crippen LogP contribution in [0.4, 0.5) is 0 Å². The van der Waals surface area contributed by atoms with E-state index in [2.05, 4.69) is 50.2 Å². The second-order valence-electron chi connectivity index (χ2n) is 5.21. The molecular weight excluding hydrogens is 246 g/mol. The highest BCUT2D eigenvalue weighted by Crippen LogP contribution is 2.20. The minimum atomic E-state index is 0.0259. The van der Waals surface area contributed by atoms with Crippen molar-refractivity contribution in [2.45, 2.75) is 32.7 Å². The first-order valence-electron chi connectivity index (χ1n) is 7.23. The molecule has 1 atom stereocenters. The lowest BCUT2D eigenvalue weighted by Gasteiger charge is -2.13. The summed E-state index contributed by atoms with van der Waals surface area (Å²) in [5, 5.41) is 0. The highest BCUT2D eigenvalue weighted by molar-refractivity contribution is 5.31. The van der Waals surface area contributed by atoms with Gasteiger partial charge in [0.1, 0.15) is 5.75 Å². The van der Waals surface area contributed by atoms with Crippen LogP contribution in [0.5, 0.6) is 5.75 Å². The van der Waals surface area contributed by atoms with Crippen molar-refractivity contribution in [2.24, 2.45) is 5.73 Å². The zero-order valence-corrected chi connectivity index (χ0v) is 12.3. The van der Waals surface area contributed by atoms with Gasteiger partial charge in [0.25, 0.3) is 0 Å². The van der Waals surface area contributed by atoms with Crippen LogP contribution in [0.1, 0.15) is 36.1 Å². The number of nitrogens with two attached hydrogens (primary N) is 1. The topological polar surface area (TPSA) is 35.2 Å². The lowest BCUT2D eigenvalue weighted by Crippen LogP contribution is -2.13. The molecule has 2 rings (SSSR count). The molecule has 0 aliphatic rings. The third-order valence-corrected chi connectivity index (χ3v) is 3.36. The smallest absolute Gasteiger partial charge is 0.119 e.